The average Bonchev–Trinajstić information content (AvgIpc) is 3.17. The van der Waals surface area contributed by atoms with Crippen LogP contribution in [0.5, 0.6) is 5.75 Å². The number of methoxy groups -OCH3 is 1. The zero-order valence-electron chi connectivity index (χ0n) is 15.6. The largest absolute Gasteiger partial charge is 0.497 e. The summed E-state index contributed by atoms with van der Waals surface area (Å²) in [6.45, 7) is 1.97. The second-order valence-corrected chi connectivity index (χ2v) is 6.81. The van der Waals surface area contributed by atoms with Gasteiger partial charge in [-0.3, -0.25) is 9.69 Å². The van der Waals surface area contributed by atoms with Crippen molar-refractivity contribution in [3.05, 3.63) is 59.7 Å². The maximum Gasteiger partial charge on any atom is 0.224 e. The first-order chi connectivity index (χ1) is 13.2. The van der Waals surface area contributed by atoms with E-state index in [2.05, 4.69) is 28.4 Å². The number of ether oxygens (including phenoxy) is 1. The van der Waals surface area contributed by atoms with Crippen LogP contribution in [0, 0.1) is 11.3 Å². The molecule has 5 nitrogen and oxygen atoms in total. The summed E-state index contributed by atoms with van der Waals surface area (Å²) in [4.78, 5) is 14.6. The molecule has 0 spiro atoms. The van der Waals surface area contributed by atoms with Crippen LogP contribution in [0.25, 0.3) is 0 Å². The van der Waals surface area contributed by atoms with Crippen molar-refractivity contribution in [1.29, 1.82) is 5.26 Å². The second-order valence-electron chi connectivity index (χ2n) is 6.81. The first-order valence-corrected chi connectivity index (χ1v) is 9.37. The van der Waals surface area contributed by atoms with Gasteiger partial charge in [-0.25, -0.2) is 0 Å². The highest BCUT2D eigenvalue weighted by Gasteiger charge is 2.25. The number of rotatable bonds is 7. The molecule has 1 aliphatic rings. The minimum Gasteiger partial charge on any atom is -0.497 e. The van der Waals surface area contributed by atoms with Gasteiger partial charge in [-0.05, 0) is 74.3 Å². The molecule has 1 atom stereocenters. The van der Waals surface area contributed by atoms with Crippen LogP contribution in [0.3, 0.4) is 0 Å². The minimum absolute atomic E-state index is 0.0110. The van der Waals surface area contributed by atoms with E-state index in [1.807, 2.05) is 12.1 Å². The smallest absolute Gasteiger partial charge is 0.224 e. The molecule has 1 fully saturated rings. The van der Waals surface area contributed by atoms with Crippen LogP contribution < -0.4 is 10.1 Å². The number of hydrogen-bond acceptors (Lipinski definition) is 4. The summed E-state index contributed by atoms with van der Waals surface area (Å²) in [5.74, 6) is 0.901. The molecule has 5 heteroatoms. The Labute approximate surface area is 160 Å². The number of nitriles is 1. The van der Waals surface area contributed by atoms with E-state index >= 15 is 0 Å². The predicted molar refractivity (Wildman–Crippen MR) is 106 cm³/mol. The molecular weight excluding hydrogens is 338 g/mol. The molecule has 2 aromatic carbocycles. The Kier molecular flexibility index (Phi) is 6.45. The van der Waals surface area contributed by atoms with Gasteiger partial charge in [0.25, 0.3) is 0 Å². The molecule has 27 heavy (non-hydrogen) atoms. The van der Waals surface area contributed by atoms with Gasteiger partial charge in [-0.15, -0.1) is 0 Å². The van der Waals surface area contributed by atoms with Gasteiger partial charge in [0.15, 0.2) is 0 Å². The zero-order chi connectivity index (χ0) is 19.1. The van der Waals surface area contributed by atoms with Crippen LogP contribution in [-0.4, -0.2) is 31.0 Å². The second kappa shape index (κ2) is 9.20. The lowest BCUT2D eigenvalue weighted by Crippen LogP contribution is -2.25. The van der Waals surface area contributed by atoms with Gasteiger partial charge < -0.3 is 10.1 Å². The van der Waals surface area contributed by atoms with Gasteiger partial charge in [-0.1, -0.05) is 12.1 Å². The Balaban J connectivity index is 1.48. The monoisotopic (exact) mass is 363 g/mol. The number of carbonyl (C=O) groups is 1. The molecule has 1 heterocycles. The van der Waals surface area contributed by atoms with Gasteiger partial charge in [-0.2, -0.15) is 5.26 Å². The number of amides is 1. The van der Waals surface area contributed by atoms with Crippen molar-refractivity contribution in [2.24, 2.45) is 0 Å². The molecule has 0 saturated carbocycles. The minimum atomic E-state index is 0.0110. The van der Waals surface area contributed by atoms with Crippen molar-refractivity contribution < 1.29 is 9.53 Å². The van der Waals surface area contributed by atoms with Crippen molar-refractivity contribution in [3.8, 4) is 11.8 Å². The third kappa shape index (κ3) is 5.08. The van der Waals surface area contributed by atoms with Gasteiger partial charge in [0, 0.05) is 18.2 Å². The lowest BCUT2D eigenvalue weighted by atomic mass is 10.0. The van der Waals surface area contributed by atoms with E-state index in [-0.39, 0.29) is 5.91 Å². The molecule has 0 aromatic heterocycles. The molecule has 2 aromatic rings. The first kappa shape index (κ1) is 18.9. The normalized spacial score (nSPS) is 16.7. The predicted octanol–water partition coefficient (Wildman–Crippen LogP) is 4.12. The Morgan fingerprint density at radius 1 is 1.30 bits per heavy atom. The molecule has 0 unspecified atom stereocenters. The molecule has 140 valence electrons. The van der Waals surface area contributed by atoms with Gasteiger partial charge in [0.05, 0.1) is 18.7 Å². The third-order valence-corrected chi connectivity index (χ3v) is 4.99. The molecule has 3 rings (SSSR count). The lowest BCUT2D eigenvalue weighted by Gasteiger charge is -2.25. The van der Waals surface area contributed by atoms with Crippen LogP contribution in [-0.2, 0) is 4.79 Å². The van der Waals surface area contributed by atoms with E-state index in [1.54, 1.807) is 31.4 Å². The summed E-state index contributed by atoms with van der Waals surface area (Å²) < 4.78 is 5.34. The fourth-order valence-corrected chi connectivity index (χ4v) is 3.61. The maximum absolute atomic E-state index is 12.2. The summed E-state index contributed by atoms with van der Waals surface area (Å²) in [6.07, 6.45) is 3.63. The number of benzene rings is 2. The highest BCUT2D eigenvalue weighted by molar-refractivity contribution is 5.90. The Bertz CT molecular complexity index is 811. The first-order valence-electron chi connectivity index (χ1n) is 9.37. The number of hydrogen-bond donors (Lipinski definition) is 1. The van der Waals surface area contributed by atoms with Crippen molar-refractivity contribution in [2.45, 2.75) is 31.7 Å². The molecule has 0 bridgehead atoms. The quantitative estimate of drug-likeness (QED) is 0.803. The molecule has 0 aliphatic carbocycles. The number of nitrogens with one attached hydrogen (secondary N) is 1. The lowest BCUT2D eigenvalue weighted by molar-refractivity contribution is -0.116. The van der Waals surface area contributed by atoms with Crippen LogP contribution in [0.15, 0.2) is 48.5 Å². The summed E-state index contributed by atoms with van der Waals surface area (Å²) in [6, 6.07) is 17.7. The van der Waals surface area contributed by atoms with Gasteiger partial charge >= 0.3 is 0 Å². The number of carbonyl (C=O) groups excluding carboxylic acids is 1. The number of anilines is 1. The van der Waals surface area contributed by atoms with Crippen molar-refractivity contribution in [2.75, 3.05) is 25.5 Å². The van der Waals surface area contributed by atoms with E-state index in [0.717, 1.165) is 37.4 Å². The van der Waals surface area contributed by atoms with Crippen molar-refractivity contribution in [1.82, 2.24) is 4.90 Å². The van der Waals surface area contributed by atoms with Crippen molar-refractivity contribution >= 4 is 11.6 Å². The summed E-state index contributed by atoms with van der Waals surface area (Å²) in [7, 11) is 1.69. The SMILES string of the molecule is COc1cccc([C@@H]2CCCN2CCCC(=O)Nc2ccc(C#N)cc2)c1. The fraction of sp³-hybridized carbons (Fsp3) is 0.364. The Hall–Kier alpha value is -2.84. The van der Waals surface area contributed by atoms with E-state index in [9.17, 15) is 4.79 Å². The summed E-state index contributed by atoms with van der Waals surface area (Å²) >= 11 is 0. The van der Waals surface area contributed by atoms with Crippen molar-refractivity contribution in [3.63, 3.8) is 0 Å². The van der Waals surface area contributed by atoms with Crippen LogP contribution in [0.2, 0.25) is 0 Å². The highest BCUT2D eigenvalue weighted by Crippen LogP contribution is 2.33. The molecule has 1 aliphatic heterocycles. The third-order valence-electron chi connectivity index (χ3n) is 4.99. The molecule has 0 radical (unpaired) electrons. The van der Waals surface area contributed by atoms with Crippen LogP contribution in [0.4, 0.5) is 5.69 Å². The topological polar surface area (TPSA) is 65.4 Å². The Morgan fingerprint density at radius 3 is 2.85 bits per heavy atom. The van der Waals surface area contributed by atoms with Gasteiger partial charge in [0.1, 0.15) is 5.75 Å². The average molecular weight is 363 g/mol. The summed E-state index contributed by atoms with van der Waals surface area (Å²) in [5.41, 5.74) is 2.61. The standard InChI is InChI=1S/C22H25N3O2/c1-27-20-6-2-5-18(15-20)21-7-3-13-25(21)14-4-8-22(26)24-19-11-9-17(16-23)10-12-19/h2,5-6,9-12,15,21H,3-4,7-8,13-14H2,1H3,(H,24,26)/t21-/m0/s1. The zero-order valence-corrected chi connectivity index (χ0v) is 15.6. The summed E-state index contributed by atoms with van der Waals surface area (Å²) in [5, 5.41) is 11.7. The van der Waals surface area contributed by atoms with E-state index in [4.69, 9.17) is 10.00 Å². The maximum atomic E-state index is 12.2. The van der Waals surface area contributed by atoms with E-state index in [1.165, 1.54) is 12.0 Å². The fourth-order valence-electron chi connectivity index (χ4n) is 3.61. The molecule has 1 N–H and O–H groups in total. The molecular formula is C22H25N3O2. The van der Waals surface area contributed by atoms with E-state index < -0.39 is 0 Å². The van der Waals surface area contributed by atoms with Crippen LogP contribution >= 0.6 is 0 Å². The van der Waals surface area contributed by atoms with Gasteiger partial charge in [0.2, 0.25) is 5.91 Å². The highest BCUT2D eigenvalue weighted by atomic mass is 16.5. The molecule has 1 saturated heterocycles. The number of likely N-dealkylation sites (tertiary alicyclic amines) is 1. The van der Waals surface area contributed by atoms with Crippen LogP contribution in [0.1, 0.15) is 42.9 Å². The molecule has 1 amide bonds. The number of nitrogens with zero attached hydrogens (tertiary/aromatic N) is 2. The Morgan fingerprint density at radius 2 is 2.11 bits per heavy atom. The van der Waals surface area contributed by atoms with E-state index in [0.29, 0.717) is 18.0 Å².